The Bertz CT molecular complexity index is 689. The van der Waals surface area contributed by atoms with E-state index in [1.54, 1.807) is 18.2 Å². The zero-order chi connectivity index (χ0) is 15.8. The number of halogens is 2. The van der Waals surface area contributed by atoms with E-state index in [1.165, 1.54) is 11.3 Å². The fourth-order valence-corrected chi connectivity index (χ4v) is 3.26. The van der Waals surface area contributed by atoms with Gasteiger partial charge in [0.05, 0.1) is 10.7 Å². The predicted octanol–water partition coefficient (Wildman–Crippen LogP) is 5.04. The molecule has 0 atom stereocenters. The Hall–Kier alpha value is -1.10. The molecule has 0 saturated carbocycles. The lowest BCUT2D eigenvalue weighted by molar-refractivity contribution is 0.0701. The lowest BCUT2D eigenvalue weighted by atomic mass is 9.98. The second-order valence-electron chi connectivity index (χ2n) is 5.76. The van der Waals surface area contributed by atoms with Gasteiger partial charge < -0.3 is 5.11 Å². The van der Waals surface area contributed by atoms with E-state index in [4.69, 9.17) is 23.2 Å². The highest BCUT2D eigenvalue weighted by Crippen LogP contribution is 2.32. The Kier molecular flexibility index (Phi) is 4.61. The van der Waals surface area contributed by atoms with Crippen LogP contribution in [0.5, 0.6) is 0 Å². The number of nitrogens with zero attached hydrogens (tertiary/aromatic N) is 1. The van der Waals surface area contributed by atoms with E-state index in [9.17, 15) is 9.90 Å². The molecule has 6 heteroatoms. The SMILES string of the molecule is CC(C)(C)c1nc(Cc2ccc(Cl)cc2Cl)c(C(=O)O)s1. The van der Waals surface area contributed by atoms with Crippen LogP contribution in [-0.4, -0.2) is 16.1 Å². The second-order valence-corrected chi connectivity index (χ2v) is 7.61. The van der Waals surface area contributed by atoms with Crippen LogP contribution >= 0.6 is 34.5 Å². The quantitative estimate of drug-likeness (QED) is 0.849. The normalized spacial score (nSPS) is 11.7. The number of carboxylic acid groups (broad SMARTS) is 1. The molecule has 0 aliphatic heterocycles. The molecule has 2 aromatic rings. The summed E-state index contributed by atoms with van der Waals surface area (Å²) in [4.78, 5) is 16.2. The van der Waals surface area contributed by atoms with E-state index in [2.05, 4.69) is 4.98 Å². The van der Waals surface area contributed by atoms with Gasteiger partial charge in [0.15, 0.2) is 0 Å². The molecule has 2 rings (SSSR count). The third-order valence-corrected chi connectivity index (χ3v) is 5.00. The molecule has 1 heterocycles. The minimum atomic E-state index is -0.955. The van der Waals surface area contributed by atoms with Crippen LogP contribution in [0.25, 0.3) is 0 Å². The number of carbonyl (C=O) groups is 1. The van der Waals surface area contributed by atoms with Gasteiger partial charge in [0.2, 0.25) is 0 Å². The smallest absolute Gasteiger partial charge is 0.347 e. The molecular weight excluding hydrogens is 329 g/mol. The van der Waals surface area contributed by atoms with Crippen LogP contribution in [-0.2, 0) is 11.8 Å². The average Bonchev–Trinajstić information content (AvgIpc) is 2.76. The lowest BCUT2D eigenvalue weighted by Crippen LogP contribution is -2.10. The summed E-state index contributed by atoms with van der Waals surface area (Å²) >= 11 is 13.2. The van der Waals surface area contributed by atoms with E-state index in [0.717, 1.165) is 10.6 Å². The van der Waals surface area contributed by atoms with Crippen LogP contribution in [0.2, 0.25) is 10.0 Å². The third kappa shape index (κ3) is 3.76. The number of hydrogen-bond donors (Lipinski definition) is 1. The molecule has 0 radical (unpaired) electrons. The Balaban J connectivity index is 2.43. The third-order valence-electron chi connectivity index (χ3n) is 2.91. The number of aromatic nitrogens is 1. The number of rotatable bonds is 3. The first-order valence-electron chi connectivity index (χ1n) is 6.36. The van der Waals surface area contributed by atoms with Gasteiger partial charge in [-0.2, -0.15) is 0 Å². The molecule has 0 bridgehead atoms. The van der Waals surface area contributed by atoms with Gasteiger partial charge in [-0.1, -0.05) is 50.0 Å². The fraction of sp³-hybridized carbons (Fsp3) is 0.333. The molecule has 21 heavy (non-hydrogen) atoms. The first kappa shape index (κ1) is 16.3. The molecule has 1 aromatic heterocycles. The number of hydrogen-bond acceptors (Lipinski definition) is 3. The summed E-state index contributed by atoms with van der Waals surface area (Å²) in [6, 6.07) is 5.18. The van der Waals surface area contributed by atoms with Crippen molar-refractivity contribution in [3.8, 4) is 0 Å². The van der Waals surface area contributed by atoms with Crippen molar-refractivity contribution in [2.24, 2.45) is 0 Å². The van der Waals surface area contributed by atoms with Crippen molar-refractivity contribution < 1.29 is 9.90 Å². The second kappa shape index (κ2) is 5.95. The molecule has 0 aliphatic carbocycles. The molecule has 0 unspecified atom stereocenters. The number of carboxylic acids is 1. The van der Waals surface area contributed by atoms with E-state index >= 15 is 0 Å². The molecule has 0 spiro atoms. The van der Waals surface area contributed by atoms with Crippen LogP contribution in [0.4, 0.5) is 0 Å². The first-order valence-corrected chi connectivity index (χ1v) is 7.93. The number of aromatic carboxylic acids is 1. The average molecular weight is 344 g/mol. The van der Waals surface area contributed by atoms with E-state index in [-0.39, 0.29) is 10.3 Å². The van der Waals surface area contributed by atoms with Gasteiger partial charge >= 0.3 is 5.97 Å². The monoisotopic (exact) mass is 343 g/mol. The molecule has 1 N–H and O–H groups in total. The van der Waals surface area contributed by atoms with Crippen LogP contribution < -0.4 is 0 Å². The Labute approximate surface area is 137 Å². The van der Waals surface area contributed by atoms with Crippen LogP contribution in [0.1, 0.15) is 46.7 Å². The van der Waals surface area contributed by atoms with Crippen molar-refractivity contribution in [3.05, 3.63) is 49.4 Å². The van der Waals surface area contributed by atoms with E-state index in [1.807, 2.05) is 20.8 Å². The molecule has 0 aliphatic rings. The van der Waals surface area contributed by atoms with Crippen molar-refractivity contribution in [3.63, 3.8) is 0 Å². The van der Waals surface area contributed by atoms with Gasteiger partial charge in [0.1, 0.15) is 4.88 Å². The zero-order valence-electron chi connectivity index (χ0n) is 11.9. The summed E-state index contributed by atoms with van der Waals surface area (Å²) in [6.45, 7) is 6.03. The van der Waals surface area contributed by atoms with Crippen molar-refractivity contribution in [1.82, 2.24) is 4.98 Å². The Morgan fingerprint density at radius 1 is 1.33 bits per heavy atom. The molecule has 1 aromatic carbocycles. The summed E-state index contributed by atoms with van der Waals surface area (Å²) in [7, 11) is 0. The van der Waals surface area contributed by atoms with Gasteiger partial charge in [-0.25, -0.2) is 9.78 Å². The Morgan fingerprint density at radius 2 is 2.00 bits per heavy atom. The zero-order valence-corrected chi connectivity index (χ0v) is 14.2. The number of thiazole rings is 1. The van der Waals surface area contributed by atoms with Gasteiger partial charge in [-0.05, 0) is 17.7 Å². The highest BCUT2D eigenvalue weighted by atomic mass is 35.5. The lowest BCUT2D eigenvalue weighted by Gasteiger charge is -2.13. The maximum atomic E-state index is 11.4. The number of benzene rings is 1. The minimum Gasteiger partial charge on any atom is -0.477 e. The van der Waals surface area contributed by atoms with Crippen molar-refractivity contribution in [1.29, 1.82) is 0 Å². The van der Waals surface area contributed by atoms with Gasteiger partial charge in [0, 0.05) is 21.9 Å². The summed E-state index contributed by atoms with van der Waals surface area (Å²) in [5.41, 5.74) is 1.17. The maximum absolute atomic E-state index is 11.4. The Morgan fingerprint density at radius 3 is 2.52 bits per heavy atom. The summed E-state index contributed by atoms with van der Waals surface area (Å²) in [6.07, 6.45) is 0.379. The van der Waals surface area contributed by atoms with Crippen LogP contribution in [0.3, 0.4) is 0 Å². The largest absolute Gasteiger partial charge is 0.477 e. The first-order chi connectivity index (χ1) is 9.68. The summed E-state index contributed by atoms with van der Waals surface area (Å²) in [5, 5.41) is 11.2. The topological polar surface area (TPSA) is 50.2 Å². The highest BCUT2D eigenvalue weighted by molar-refractivity contribution is 7.13. The molecular formula is C15H15Cl2NO2S. The fourth-order valence-electron chi connectivity index (χ4n) is 1.80. The van der Waals surface area contributed by atoms with Crippen molar-refractivity contribution >= 4 is 40.5 Å². The minimum absolute atomic E-state index is 0.184. The van der Waals surface area contributed by atoms with E-state index < -0.39 is 5.97 Å². The molecule has 112 valence electrons. The van der Waals surface area contributed by atoms with Crippen molar-refractivity contribution in [2.45, 2.75) is 32.6 Å². The molecule has 0 fully saturated rings. The molecule has 3 nitrogen and oxygen atoms in total. The van der Waals surface area contributed by atoms with Crippen LogP contribution in [0.15, 0.2) is 18.2 Å². The maximum Gasteiger partial charge on any atom is 0.347 e. The standard InChI is InChI=1S/C15H15Cl2NO2S/c1-15(2,3)14-18-11(12(21-14)13(19)20)6-8-4-5-9(16)7-10(8)17/h4-5,7H,6H2,1-3H3,(H,19,20). The summed E-state index contributed by atoms with van der Waals surface area (Å²) in [5.74, 6) is -0.955. The van der Waals surface area contributed by atoms with Gasteiger partial charge in [0.25, 0.3) is 0 Å². The highest BCUT2D eigenvalue weighted by Gasteiger charge is 2.24. The van der Waals surface area contributed by atoms with Gasteiger partial charge in [-0.15, -0.1) is 11.3 Å². The predicted molar refractivity (Wildman–Crippen MR) is 87.0 cm³/mol. The van der Waals surface area contributed by atoms with Gasteiger partial charge in [-0.3, -0.25) is 0 Å². The van der Waals surface area contributed by atoms with Crippen LogP contribution in [0, 0.1) is 0 Å². The van der Waals surface area contributed by atoms with E-state index in [0.29, 0.717) is 22.2 Å². The summed E-state index contributed by atoms with van der Waals surface area (Å²) < 4.78 is 0. The van der Waals surface area contributed by atoms with Crippen molar-refractivity contribution in [2.75, 3.05) is 0 Å². The molecule has 0 saturated heterocycles. The molecule has 0 amide bonds.